The highest BCUT2D eigenvalue weighted by atomic mass is 16.5. The van der Waals surface area contributed by atoms with Gasteiger partial charge in [0.15, 0.2) is 0 Å². The van der Waals surface area contributed by atoms with E-state index in [1.54, 1.807) is 25.1 Å². The number of esters is 1. The monoisotopic (exact) mass is 347 g/mol. The van der Waals surface area contributed by atoms with Gasteiger partial charge in [0.05, 0.1) is 31.1 Å². The summed E-state index contributed by atoms with van der Waals surface area (Å²) in [5.74, 6) is -1.29. The number of carbonyl (C=O) groups excluding carboxylic acids is 2. The summed E-state index contributed by atoms with van der Waals surface area (Å²) in [6.45, 7) is 1.82. The van der Waals surface area contributed by atoms with Crippen LogP contribution in [0.25, 0.3) is 0 Å². The van der Waals surface area contributed by atoms with E-state index in [2.05, 4.69) is 5.32 Å². The number of hydrogen-bond donors (Lipinski definition) is 3. The highest BCUT2D eigenvalue weighted by Gasteiger charge is 2.17. The Labute approximate surface area is 145 Å². The number of hydrogen-bond acceptors (Lipinski definition) is 7. The summed E-state index contributed by atoms with van der Waals surface area (Å²) >= 11 is 0. The number of aliphatic hydroxyl groups is 2. The van der Waals surface area contributed by atoms with Crippen molar-refractivity contribution in [3.63, 3.8) is 0 Å². The first-order valence-corrected chi connectivity index (χ1v) is 7.72. The van der Waals surface area contributed by atoms with Gasteiger partial charge in [0, 0.05) is 19.3 Å². The van der Waals surface area contributed by atoms with Gasteiger partial charge in [-0.25, -0.2) is 4.79 Å². The normalized spacial score (nSPS) is 10.7. The molecule has 0 radical (unpaired) electrons. The number of nitriles is 1. The molecule has 0 aliphatic carbocycles. The fraction of sp³-hybridized carbons (Fsp3) is 0.353. The van der Waals surface area contributed by atoms with Crippen LogP contribution in [0.2, 0.25) is 0 Å². The molecule has 0 spiro atoms. The predicted molar refractivity (Wildman–Crippen MR) is 90.5 cm³/mol. The number of aliphatic hydroxyl groups excluding tert-OH is 2. The van der Waals surface area contributed by atoms with Gasteiger partial charge in [0.2, 0.25) is 0 Å². The summed E-state index contributed by atoms with van der Waals surface area (Å²) in [6.07, 6.45) is 1.26. The lowest BCUT2D eigenvalue weighted by Gasteiger charge is -2.18. The fourth-order valence-corrected chi connectivity index (χ4v) is 1.99. The molecule has 0 bridgehead atoms. The third-order valence-electron chi connectivity index (χ3n) is 3.12. The van der Waals surface area contributed by atoms with Crippen molar-refractivity contribution in [1.82, 2.24) is 4.90 Å². The van der Waals surface area contributed by atoms with E-state index in [-0.39, 0.29) is 49.7 Å². The van der Waals surface area contributed by atoms with Crippen LogP contribution >= 0.6 is 0 Å². The van der Waals surface area contributed by atoms with Crippen LogP contribution in [-0.2, 0) is 9.53 Å². The van der Waals surface area contributed by atoms with E-state index in [0.29, 0.717) is 0 Å². The van der Waals surface area contributed by atoms with Crippen molar-refractivity contribution in [3.8, 4) is 6.07 Å². The van der Waals surface area contributed by atoms with Crippen molar-refractivity contribution in [2.75, 3.05) is 38.2 Å². The highest BCUT2D eigenvalue weighted by Crippen LogP contribution is 2.17. The second kappa shape index (κ2) is 10.8. The quantitative estimate of drug-likeness (QED) is 0.337. The van der Waals surface area contributed by atoms with Crippen LogP contribution in [-0.4, -0.2) is 59.9 Å². The minimum Gasteiger partial charge on any atom is -0.462 e. The lowest BCUT2D eigenvalue weighted by Crippen LogP contribution is -2.27. The standard InChI is InChI=1S/C17H21N3O5/c1-2-25-17(24)14-5-3-4-6-15(14)19-16(23)13(11-18)12-20(7-9-21)8-10-22/h3-6,12,21-22H,2,7-10H2,1H3,(H,19,23)/b13-12-. The first-order chi connectivity index (χ1) is 12.1. The van der Waals surface area contributed by atoms with Crippen molar-refractivity contribution in [3.05, 3.63) is 41.6 Å². The van der Waals surface area contributed by atoms with Gasteiger partial charge < -0.3 is 25.2 Å². The molecule has 1 rings (SSSR count). The molecule has 0 saturated heterocycles. The highest BCUT2D eigenvalue weighted by molar-refractivity contribution is 6.09. The molecule has 134 valence electrons. The zero-order valence-corrected chi connectivity index (χ0v) is 13.9. The Kier molecular flexibility index (Phi) is 8.71. The van der Waals surface area contributed by atoms with Crippen molar-refractivity contribution < 1.29 is 24.5 Å². The second-order valence-corrected chi connectivity index (χ2v) is 4.86. The molecule has 8 heteroatoms. The third kappa shape index (κ3) is 6.25. The first-order valence-electron chi connectivity index (χ1n) is 7.72. The number of amides is 1. The largest absolute Gasteiger partial charge is 0.462 e. The molecule has 1 amide bonds. The van der Waals surface area contributed by atoms with Gasteiger partial charge in [-0.2, -0.15) is 5.26 Å². The maximum atomic E-state index is 12.3. The number of nitrogens with one attached hydrogen (secondary N) is 1. The molecule has 1 aromatic rings. The fourth-order valence-electron chi connectivity index (χ4n) is 1.99. The van der Waals surface area contributed by atoms with Crippen molar-refractivity contribution in [2.24, 2.45) is 0 Å². The lowest BCUT2D eigenvalue weighted by atomic mass is 10.1. The van der Waals surface area contributed by atoms with E-state index >= 15 is 0 Å². The van der Waals surface area contributed by atoms with Gasteiger partial charge in [-0.15, -0.1) is 0 Å². The molecular formula is C17H21N3O5. The summed E-state index contributed by atoms with van der Waals surface area (Å²) in [5.41, 5.74) is 0.182. The smallest absolute Gasteiger partial charge is 0.340 e. The molecule has 0 aromatic heterocycles. The Morgan fingerprint density at radius 1 is 1.28 bits per heavy atom. The zero-order valence-electron chi connectivity index (χ0n) is 13.9. The number of benzene rings is 1. The van der Waals surface area contributed by atoms with Crippen LogP contribution in [0.3, 0.4) is 0 Å². The number of nitrogens with zero attached hydrogens (tertiary/aromatic N) is 2. The number of rotatable bonds is 9. The van der Waals surface area contributed by atoms with Gasteiger partial charge in [0.25, 0.3) is 5.91 Å². The summed E-state index contributed by atoms with van der Waals surface area (Å²) in [7, 11) is 0. The molecule has 1 aromatic carbocycles. The van der Waals surface area contributed by atoms with Crippen LogP contribution in [0.1, 0.15) is 17.3 Å². The van der Waals surface area contributed by atoms with Crippen molar-refractivity contribution in [2.45, 2.75) is 6.92 Å². The van der Waals surface area contributed by atoms with Crippen LogP contribution < -0.4 is 5.32 Å². The average Bonchev–Trinajstić information content (AvgIpc) is 2.60. The van der Waals surface area contributed by atoms with E-state index < -0.39 is 11.9 Å². The summed E-state index contributed by atoms with van der Waals surface area (Å²) in [5, 5.41) is 29.7. The van der Waals surface area contributed by atoms with E-state index in [0.717, 1.165) is 0 Å². The van der Waals surface area contributed by atoms with E-state index in [1.165, 1.54) is 23.2 Å². The molecule has 0 atom stereocenters. The minimum atomic E-state index is -0.708. The number of anilines is 1. The SMILES string of the molecule is CCOC(=O)c1ccccc1NC(=O)/C(C#N)=C\N(CCO)CCO. The Morgan fingerprint density at radius 3 is 2.48 bits per heavy atom. The minimum absolute atomic E-state index is 0.165. The predicted octanol–water partition coefficient (Wildman–Crippen LogP) is 0.496. The van der Waals surface area contributed by atoms with E-state index in [1.807, 2.05) is 0 Å². The van der Waals surface area contributed by atoms with Gasteiger partial charge in [-0.1, -0.05) is 12.1 Å². The molecule has 0 aliphatic heterocycles. The van der Waals surface area contributed by atoms with E-state index in [4.69, 9.17) is 14.9 Å². The van der Waals surface area contributed by atoms with Crippen molar-refractivity contribution in [1.29, 1.82) is 5.26 Å². The van der Waals surface area contributed by atoms with Gasteiger partial charge in [-0.05, 0) is 19.1 Å². The first kappa shape index (κ1) is 20.2. The number of carbonyl (C=O) groups is 2. The Hall–Kier alpha value is -2.89. The molecule has 3 N–H and O–H groups in total. The Bertz CT molecular complexity index is 660. The molecule has 25 heavy (non-hydrogen) atoms. The second-order valence-electron chi connectivity index (χ2n) is 4.86. The number of para-hydroxylation sites is 1. The molecule has 0 fully saturated rings. The van der Waals surface area contributed by atoms with Gasteiger partial charge in [0.1, 0.15) is 11.6 Å². The molecule has 0 heterocycles. The van der Waals surface area contributed by atoms with Gasteiger partial charge >= 0.3 is 5.97 Å². The zero-order chi connectivity index (χ0) is 18.7. The average molecular weight is 347 g/mol. The number of ether oxygens (including phenoxy) is 1. The van der Waals surface area contributed by atoms with E-state index in [9.17, 15) is 14.9 Å². The Morgan fingerprint density at radius 2 is 1.92 bits per heavy atom. The summed E-state index contributed by atoms with van der Waals surface area (Å²) in [4.78, 5) is 25.7. The topological polar surface area (TPSA) is 123 Å². The van der Waals surface area contributed by atoms with Crippen LogP contribution in [0.4, 0.5) is 5.69 Å². The van der Waals surface area contributed by atoms with Gasteiger partial charge in [-0.3, -0.25) is 4.79 Å². The van der Waals surface area contributed by atoms with Crippen molar-refractivity contribution >= 4 is 17.6 Å². The Balaban J connectivity index is 3.00. The van der Waals surface area contributed by atoms with Crippen LogP contribution in [0.5, 0.6) is 0 Å². The molecular weight excluding hydrogens is 326 g/mol. The molecule has 0 aliphatic rings. The summed E-state index contributed by atoms with van der Waals surface area (Å²) < 4.78 is 4.93. The molecule has 8 nitrogen and oxygen atoms in total. The summed E-state index contributed by atoms with van der Waals surface area (Å²) in [6, 6.07) is 8.07. The van der Waals surface area contributed by atoms with Crippen LogP contribution in [0, 0.1) is 11.3 Å². The maximum absolute atomic E-state index is 12.3. The van der Waals surface area contributed by atoms with Crippen LogP contribution in [0.15, 0.2) is 36.0 Å². The molecule has 0 saturated carbocycles. The lowest BCUT2D eigenvalue weighted by molar-refractivity contribution is -0.112. The third-order valence-corrected chi connectivity index (χ3v) is 3.12. The maximum Gasteiger partial charge on any atom is 0.340 e. The molecule has 0 unspecified atom stereocenters.